The average Bonchev–Trinajstić information content (AvgIpc) is 2.64. The highest BCUT2D eigenvalue weighted by Gasteiger charge is 2.11. The van der Waals surface area contributed by atoms with Gasteiger partial charge in [-0.25, -0.2) is 0 Å². The number of hydrogen-bond donors (Lipinski definition) is 1. The number of hydrogen-bond acceptors (Lipinski definition) is 3. The molecule has 0 saturated carbocycles. The van der Waals surface area contributed by atoms with Gasteiger partial charge in [0.05, 0.1) is 5.52 Å². The normalized spacial score (nSPS) is 14.7. The molecule has 1 aliphatic rings. The summed E-state index contributed by atoms with van der Waals surface area (Å²) in [6.45, 7) is 4.34. The van der Waals surface area contributed by atoms with Crippen LogP contribution in [0.2, 0.25) is 5.02 Å². The first kappa shape index (κ1) is 16.2. The minimum atomic E-state index is 0.724. The molecule has 3 aromatic rings. The SMILES string of the molecule is Cc1cc(Nc2ccc(N3CCCCC3)cc2)c2cc(Cl)ccc2n1. The Hall–Kier alpha value is -2.26. The van der Waals surface area contributed by atoms with Crippen molar-refractivity contribution in [3.8, 4) is 0 Å². The van der Waals surface area contributed by atoms with E-state index < -0.39 is 0 Å². The summed E-state index contributed by atoms with van der Waals surface area (Å²) in [6, 6.07) is 16.6. The molecule has 25 heavy (non-hydrogen) atoms. The number of benzene rings is 2. The zero-order valence-electron chi connectivity index (χ0n) is 14.4. The maximum atomic E-state index is 6.18. The molecule has 128 valence electrons. The van der Waals surface area contributed by atoms with Crippen LogP contribution in [0.1, 0.15) is 25.0 Å². The molecule has 2 heterocycles. The number of aryl methyl sites for hydroxylation is 1. The number of nitrogens with one attached hydrogen (secondary N) is 1. The van der Waals surface area contributed by atoms with Crippen molar-refractivity contribution in [3.05, 3.63) is 59.2 Å². The number of piperidine rings is 1. The molecular formula is C21H22ClN3. The largest absolute Gasteiger partial charge is 0.372 e. The molecule has 0 unspecified atom stereocenters. The van der Waals surface area contributed by atoms with E-state index in [9.17, 15) is 0 Å². The van der Waals surface area contributed by atoms with Crippen LogP contribution in [0, 0.1) is 6.92 Å². The van der Waals surface area contributed by atoms with Gasteiger partial charge in [-0.05, 0) is 74.7 Å². The van der Waals surface area contributed by atoms with Crippen molar-refractivity contribution in [2.24, 2.45) is 0 Å². The monoisotopic (exact) mass is 351 g/mol. The molecule has 3 nitrogen and oxygen atoms in total. The Morgan fingerprint density at radius 1 is 0.960 bits per heavy atom. The predicted molar refractivity (Wildman–Crippen MR) is 107 cm³/mol. The van der Waals surface area contributed by atoms with Crippen LogP contribution < -0.4 is 10.2 Å². The van der Waals surface area contributed by atoms with Crippen molar-refractivity contribution in [2.45, 2.75) is 26.2 Å². The second-order valence-electron chi connectivity index (χ2n) is 6.69. The van der Waals surface area contributed by atoms with E-state index in [1.807, 2.05) is 25.1 Å². The van der Waals surface area contributed by atoms with E-state index in [0.29, 0.717) is 0 Å². The van der Waals surface area contributed by atoms with Gasteiger partial charge in [0.15, 0.2) is 0 Å². The number of halogens is 1. The summed E-state index contributed by atoms with van der Waals surface area (Å²) in [5, 5.41) is 5.29. The maximum Gasteiger partial charge on any atom is 0.0727 e. The number of aromatic nitrogens is 1. The lowest BCUT2D eigenvalue weighted by Crippen LogP contribution is -2.29. The Labute approximate surface area is 153 Å². The van der Waals surface area contributed by atoms with Crippen molar-refractivity contribution < 1.29 is 0 Å². The Morgan fingerprint density at radius 2 is 1.72 bits per heavy atom. The molecule has 1 aromatic heterocycles. The molecule has 4 rings (SSSR count). The van der Waals surface area contributed by atoms with E-state index in [4.69, 9.17) is 11.6 Å². The quantitative estimate of drug-likeness (QED) is 0.633. The van der Waals surface area contributed by atoms with E-state index in [-0.39, 0.29) is 0 Å². The molecule has 0 atom stereocenters. The van der Waals surface area contributed by atoms with E-state index in [0.717, 1.165) is 33.0 Å². The lowest BCUT2D eigenvalue weighted by Gasteiger charge is -2.28. The molecule has 1 aliphatic heterocycles. The smallest absolute Gasteiger partial charge is 0.0727 e. The fourth-order valence-electron chi connectivity index (χ4n) is 3.50. The second kappa shape index (κ2) is 6.93. The Balaban J connectivity index is 1.61. The molecule has 1 fully saturated rings. The molecule has 0 spiro atoms. The Bertz CT molecular complexity index is 884. The van der Waals surface area contributed by atoms with Gasteiger partial charge < -0.3 is 10.2 Å². The molecule has 2 aromatic carbocycles. The van der Waals surface area contributed by atoms with Crippen LogP contribution in [-0.4, -0.2) is 18.1 Å². The summed E-state index contributed by atoms with van der Waals surface area (Å²) in [5.74, 6) is 0. The van der Waals surface area contributed by atoms with E-state index in [1.165, 1.54) is 38.0 Å². The highest BCUT2D eigenvalue weighted by atomic mass is 35.5. The van der Waals surface area contributed by atoms with Gasteiger partial charge in [0.1, 0.15) is 0 Å². The van der Waals surface area contributed by atoms with Crippen molar-refractivity contribution in [3.63, 3.8) is 0 Å². The molecular weight excluding hydrogens is 330 g/mol. The summed E-state index contributed by atoms with van der Waals surface area (Å²) in [4.78, 5) is 7.06. The highest BCUT2D eigenvalue weighted by Crippen LogP contribution is 2.30. The van der Waals surface area contributed by atoms with Crippen molar-refractivity contribution in [2.75, 3.05) is 23.3 Å². The van der Waals surface area contributed by atoms with Gasteiger partial charge in [-0.15, -0.1) is 0 Å². The van der Waals surface area contributed by atoms with Gasteiger partial charge in [-0.2, -0.15) is 0 Å². The maximum absolute atomic E-state index is 6.18. The van der Waals surface area contributed by atoms with Crippen LogP contribution >= 0.6 is 11.6 Å². The molecule has 0 bridgehead atoms. The summed E-state index contributed by atoms with van der Waals surface area (Å²) in [7, 11) is 0. The lowest BCUT2D eigenvalue weighted by molar-refractivity contribution is 0.578. The number of nitrogens with zero attached hydrogens (tertiary/aromatic N) is 2. The van der Waals surface area contributed by atoms with Gasteiger partial charge in [0.25, 0.3) is 0 Å². The molecule has 0 radical (unpaired) electrons. The number of rotatable bonds is 3. The van der Waals surface area contributed by atoms with Crippen LogP contribution in [0.3, 0.4) is 0 Å². The van der Waals surface area contributed by atoms with Crippen molar-refractivity contribution >= 4 is 39.6 Å². The molecule has 1 saturated heterocycles. The van der Waals surface area contributed by atoms with Crippen LogP contribution in [0.5, 0.6) is 0 Å². The Kier molecular flexibility index (Phi) is 4.50. The third-order valence-corrected chi connectivity index (χ3v) is 5.00. The van der Waals surface area contributed by atoms with E-state index >= 15 is 0 Å². The number of fused-ring (bicyclic) bond motifs is 1. The first-order chi connectivity index (χ1) is 12.2. The summed E-state index contributed by atoms with van der Waals surface area (Å²) < 4.78 is 0. The fraction of sp³-hybridized carbons (Fsp3) is 0.286. The topological polar surface area (TPSA) is 28.2 Å². The molecule has 0 aliphatic carbocycles. The standard InChI is InChI=1S/C21H22ClN3/c1-15-13-21(19-14-16(22)5-10-20(19)23-15)24-17-6-8-18(9-7-17)25-11-3-2-4-12-25/h5-10,13-14H,2-4,11-12H2,1H3,(H,23,24). The van der Waals surface area contributed by atoms with Crippen molar-refractivity contribution in [1.82, 2.24) is 4.98 Å². The average molecular weight is 352 g/mol. The summed E-state index contributed by atoms with van der Waals surface area (Å²) in [5.41, 5.74) is 5.37. The third-order valence-electron chi connectivity index (χ3n) is 4.77. The first-order valence-corrected chi connectivity index (χ1v) is 9.26. The minimum Gasteiger partial charge on any atom is -0.372 e. The zero-order chi connectivity index (χ0) is 17.2. The lowest BCUT2D eigenvalue weighted by atomic mass is 10.1. The van der Waals surface area contributed by atoms with Gasteiger partial charge in [-0.1, -0.05) is 11.6 Å². The number of anilines is 3. The zero-order valence-corrected chi connectivity index (χ0v) is 15.2. The van der Waals surface area contributed by atoms with Crippen molar-refractivity contribution in [1.29, 1.82) is 0 Å². The van der Waals surface area contributed by atoms with Gasteiger partial charge >= 0.3 is 0 Å². The summed E-state index contributed by atoms with van der Waals surface area (Å²) in [6.07, 6.45) is 3.94. The fourth-order valence-corrected chi connectivity index (χ4v) is 3.67. The second-order valence-corrected chi connectivity index (χ2v) is 7.13. The predicted octanol–water partition coefficient (Wildman–Crippen LogP) is 5.93. The molecule has 1 N–H and O–H groups in total. The van der Waals surface area contributed by atoms with Gasteiger partial charge in [-0.3, -0.25) is 4.98 Å². The number of pyridine rings is 1. The van der Waals surface area contributed by atoms with Crippen LogP contribution in [-0.2, 0) is 0 Å². The van der Waals surface area contributed by atoms with Crippen LogP contribution in [0.25, 0.3) is 10.9 Å². The van der Waals surface area contributed by atoms with Gasteiger partial charge in [0.2, 0.25) is 0 Å². The molecule has 0 amide bonds. The van der Waals surface area contributed by atoms with E-state index in [1.54, 1.807) is 0 Å². The third kappa shape index (κ3) is 3.57. The Morgan fingerprint density at radius 3 is 2.48 bits per heavy atom. The van der Waals surface area contributed by atoms with Crippen LogP contribution in [0.4, 0.5) is 17.1 Å². The van der Waals surface area contributed by atoms with Crippen LogP contribution in [0.15, 0.2) is 48.5 Å². The first-order valence-electron chi connectivity index (χ1n) is 8.88. The van der Waals surface area contributed by atoms with Gasteiger partial charge in [0, 0.05) is 46.3 Å². The highest BCUT2D eigenvalue weighted by molar-refractivity contribution is 6.31. The van der Waals surface area contributed by atoms with E-state index in [2.05, 4.69) is 45.5 Å². The minimum absolute atomic E-state index is 0.724. The molecule has 4 heteroatoms. The summed E-state index contributed by atoms with van der Waals surface area (Å²) >= 11 is 6.18.